The summed E-state index contributed by atoms with van der Waals surface area (Å²) in [5.74, 6) is 1.10. The van der Waals surface area contributed by atoms with E-state index in [1.165, 1.54) is 5.56 Å². The van der Waals surface area contributed by atoms with Crippen LogP contribution in [-0.2, 0) is 6.61 Å². The van der Waals surface area contributed by atoms with Gasteiger partial charge in [-0.05, 0) is 35.6 Å². The molecule has 0 aromatic heterocycles. The number of aliphatic hydroxyl groups excluding tert-OH is 2. The molecule has 2 aromatic rings. The molecular formula is C21H28N2O3. The number of hydrogen-bond donors (Lipinski definition) is 3. The molecule has 0 spiro atoms. The minimum absolute atomic E-state index is 0.00403. The first-order valence-electron chi connectivity index (χ1n) is 9.09. The molecule has 1 aliphatic rings. The molecule has 0 saturated carbocycles. The molecule has 1 fully saturated rings. The van der Waals surface area contributed by atoms with E-state index in [1.54, 1.807) is 7.11 Å². The van der Waals surface area contributed by atoms with Crippen molar-refractivity contribution in [2.24, 2.45) is 5.92 Å². The lowest BCUT2D eigenvalue weighted by Gasteiger charge is -2.36. The Morgan fingerprint density at radius 3 is 2.58 bits per heavy atom. The maximum atomic E-state index is 9.53. The van der Waals surface area contributed by atoms with Crippen molar-refractivity contribution in [2.75, 3.05) is 32.2 Å². The lowest BCUT2D eigenvalue weighted by Crippen LogP contribution is -2.40. The Hall–Kier alpha value is -2.08. The summed E-state index contributed by atoms with van der Waals surface area (Å²) >= 11 is 0. The second kappa shape index (κ2) is 8.54. The Kier molecular flexibility index (Phi) is 6.14. The third-order valence-corrected chi connectivity index (χ3v) is 5.34. The van der Waals surface area contributed by atoms with Crippen LogP contribution in [-0.4, -0.2) is 43.6 Å². The van der Waals surface area contributed by atoms with E-state index in [0.29, 0.717) is 5.92 Å². The molecule has 1 heterocycles. The first-order valence-corrected chi connectivity index (χ1v) is 9.09. The molecular weight excluding hydrogens is 328 g/mol. The van der Waals surface area contributed by atoms with E-state index >= 15 is 0 Å². The number of aliphatic hydroxyl groups is 2. The Bertz CT molecular complexity index is 708. The molecule has 140 valence electrons. The highest BCUT2D eigenvalue weighted by Gasteiger charge is 2.39. The molecule has 3 atom stereocenters. The summed E-state index contributed by atoms with van der Waals surface area (Å²) in [6, 6.07) is 16.5. The molecule has 0 radical (unpaired) electrons. The summed E-state index contributed by atoms with van der Waals surface area (Å²) in [6.07, 6.45) is 0.743. The van der Waals surface area contributed by atoms with E-state index in [4.69, 9.17) is 4.74 Å². The Morgan fingerprint density at radius 1 is 1.15 bits per heavy atom. The van der Waals surface area contributed by atoms with Crippen molar-refractivity contribution >= 4 is 5.69 Å². The summed E-state index contributed by atoms with van der Waals surface area (Å²) in [6.45, 7) is 1.03. The highest BCUT2D eigenvalue weighted by molar-refractivity contribution is 5.61. The minimum Gasteiger partial charge on any atom is -0.495 e. The van der Waals surface area contributed by atoms with Gasteiger partial charge in [-0.1, -0.05) is 36.4 Å². The van der Waals surface area contributed by atoms with Crippen LogP contribution in [0.15, 0.2) is 48.5 Å². The number of nitrogens with one attached hydrogen (secondary N) is 1. The van der Waals surface area contributed by atoms with Gasteiger partial charge in [-0.15, -0.1) is 0 Å². The number of benzene rings is 2. The summed E-state index contributed by atoms with van der Waals surface area (Å²) < 4.78 is 5.57. The molecule has 5 nitrogen and oxygen atoms in total. The third kappa shape index (κ3) is 3.70. The number of hydrogen-bond acceptors (Lipinski definition) is 5. The van der Waals surface area contributed by atoms with Crippen molar-refractivity contribution in [1.29, 1.82) is 0 Å². The number of nitrogens with zero attached hydrogens (tertiary/aromatic N) is 1. The zero-order valence-corrected chi connectivity index (χ0v) is 15.4. The van der Waals surface area contributed by atoms with Gasteiger partial charge in [0.15, 0.2) is 0 Å². The first kappa shape index (κ1) is 18.7. The van der Waals surface area contributed by atoms with Gasteiger partial charge in [-0.3, -0.25) is 0 Å². The summed E-state index contributed by atoms with van der Waals surface area (Å²) in [7, 11) is 3.73. The lowest BCUT2D eigenvalue weighted by molar-refractivity contribution is 0.252. The molecule has 0 bridgehead atoms. The Morgan fingerprint density at radius 2 is 1.92 bits per heavy atom. The monoisotopic (exact) mass is 356 g/mol. The predicted molar refractivity (Wildman–Crippen MR) is 103 cm³/mol. The zero-order chi connectivity index (χ0) is 18.5. The van der Waals surface area contributed by atoms with E-state index in [0.717, 1.165) is 30.0 Å². The standard InChI is InChI=1S/C21H28N2O3/c1-23(18-12-15(14-25)8-9-19(18)26-2)21-17(10-11-24)13-22-20(21)16-6-4-3-5-7-16/h3-9,12,17,20-22,24-25H,10-11,13-14H2,1-2H3. The van der Waals surface area contributed by atoms with Crippen LogP contribution >= 0.6 is 0 Å². The van der Waals surface area contributed by atoms with E-state index in [9.17, 15) is 10.2 Å². The van der Waals surface area contributed by atoms with Gasteiger partial charge >= 0.3 is 0 Å². The van der Waals surface area contributed by atoms with Crippen molar-refractivity contribution < 1.29 is 14.9 Å². The van der Waals surface area contributed by atoms with E-state index in [2.05, 4.69) is 41.5 Å². The molecule has 1 saturated heterocycles. The normalized spacial score (nSPS) is 22.4. The summed E-state index contributed by atoms with van der Waals surface area (Å²) in [5, 5.41) is 22.7. The second-order valence-corrected chi connectivity index (χ2v) is 6.83. The van der Waals surface area contributed by atoms with Crippen LogP contribution in [0.2, 0.25) is 0 Å². The zero-order valence-electron chi connectivity index (χ0n) is 15.4. The van der Waals surface area contributed by atoms with Crippen LogP contribution < -0.4 is 15.0 Å². The quantitative estimate of drug-likeness (QED) is 0.711. The maximum Gasteiger partial charge on any atom is 0.142 e. The van der Waals surface area contributed by atoms with E-state index < -0.39 is 0 Å². The molecule has 0 amide bonds. The van der Waals surface area contributed by atoms with Crippen LogP contribution in [0.25, 0.3) is 0 Å². The fourth-order valence-electron chi connectivity index (χ4n) is 4.02. The first-order chi connectivity index (χ1) is 12.7. The number of likely N-dealkylation sites (N-methyl/N-ethyl adjacent to an activating group) is 1. The van der Waals surface area contributed by atoms with Crippen molar-refractivity contribution in [2.45, 2.75) is 25.1 Å². The maximum absolute atomic E-state index is 9.53. The van der Waals surface area contributed by atoms with Gasteiger partial charge in [0.25, 0.3) is 0 Å². The van der Waals surface area contributed by atoms with Gasteiger partial charge < -0.3 is 25.2 Å². The van der Waals surface area contributed by atoms with Gasteiger partial charge in [0.1, 0.15) is 5.75 Å². The molecule has 3 rings (SSSR count). The average molecular weight is 356 g/mol. The number of rotatable bonds is 7. The Balaban J connectivity index is 1.98. The van der Waals surface area contributed by atoms with Gasteiger partial charge in [-0.25, -0.2) is 0 Å². The number of anilines is 1. The second-order valence-electron chi connectivity index (χ2n) is 6.83. The highest BCUT2D eigenvalue weighted by Crippen LogP contribution is 2.39. The van der Waals surface area contributed by atoms with E-state index in [1.807, 2.05) is 24.3 Å². The fraction of sp³-hybridized carbons (Fsp3) is 0.429. The van der Waals surface area contributed by atoms with E-state index in [-0.39, 0.29) is 25.3 Å². The molecule has 0 aliphatic carbocycles. The molecule has 2 aromatic carbocycles. The smallest absolute Gasteiger partial charge is 0.142 e. The van der Waals surface area contributed by atoms with Crippen LogP contribution in [0.4, 0.5) is 5.69 Å². The lowest BCUT2D eigenvalue weighted by atomic mass is 9.90. The van der Waals surface area contributed by atoms with Crippen molar-refractivity contribution in [3.8, 4) is 5.75 Å². The molecule has 3 unspecified atom stereocenters. The van der Waals surface area contributed by atoms with Crippen LogP contribution in [0.3, 0.4) is 0 Å². The predicted octanol–water partition coefficient (Wildman–Crippen LogP) is 2.34. The summed E-state index contributed by atoms with van der Waals surface area (Å²) in [5.41, 5.74) is 3.05. The molecule has 3 N–H and O–H groups in total. The fourth-order valence-corrected chi connectivity index (χ4v) is 4.02. The van der Waals surface area contributed by atoms with Gasteiger partial charge in [-0.2, -0.15) is 0 Å². The van der Waals surface area contributed by atoms with Crippen LogP contribution in [0, 0.1) is 5.92 Å². The molecule has 26 heavy (non-hydrogen) atoms. The average Bonchev–Trinajstić information content (AvgIpc) is 3.11. The minimum atomic E-state index is -0.00403. The van der Waals surface area contributed by atoms with Crippen molar-refractivity contribution in [3.63, 3.8) is 0 Å². The third-order valence-electron chi connectivity index (χ3n) is 5.34. The number of methoxy groups -OCH3 is 1. The van der Waals surface area contributed by atoms with Gasteiger partial charge in [0.2, 0.25) is 0 Å². The van der Waals surface area contributed by atoms with Gasteiger partial charge in [0, 0.05) is 20.2 Å². The van der Waals surface area contributed by atoms with Crippen molar-refractivity contribution in [1.82, 2.24) is 5.32 Å². The van der Waals surface area contributed by atoms with Crippen LogP contribution in [0.1, 0.15) is 23.6 Å². The highest BCUT2D eigenvalue weighted by atomic mass is 16.5. The molecule has 1 aliphatic heterocycles. The number of ether oxygens (including phenoxy) is 1. The molecule has 5 heteroatoms. The van der Waals surface area contributed by atoms with Crippen LogP contribution in [0.5, 0.6) is 5.75 Å². The van der Waals surface area contributed by atoms with Gasteiger partial charge in [0.05, 0.1) is 31.5 Å². The SMILES string of the molecule is COc1ccc(CO)cc1N(C)C1C(CCO)CNC1c1ccccc1. The Labute approximate surface area is 155 Å². The summed E-state index contributed by atoms with van der Waals surface area (Å²) in [4.78, 5) is 2.23. The topological polar surface area (TPSA) is 65.0 Å². The van der Waals surface area contributed by atoms with Crippen molar-refractivity contribution in [3.05, 3.63) is 59.7 Å². The largest absolute Gasteiger partial charge is 0.495 e.